The quantitative estimate of drug-likeness (QED) is 0.645. The number of sulfone groups is 1. The maximum absolute atomic E-state index is 12.4. The van der Waals surface area contributed by atoms with Crippen LogP contribution in [0.2, 0.25) is 0 Å². The van der Waals surface area contributed by atoms with E-state index in [0.717, 1.165) is 11.5 Å². The van der Waals surface area contributed by atoms with Gasteiger partial charge in [0, 0.05) is 26.7 Å². The van der Waals surface area contributed by atoms with E-state index in [0.29, 0.717) is 30.9 Å². The summed E-state index contributed by atoms with van der Waals surface area (Å²) in [4.78, 5) is 0.0811. The van der Waals surface area contributed by atoms with E-state index in [1.165, 1.54) is 0 Å². The lowest BCUT2D eigenvalue weighted by molar-refractivity contribution is 0.0358. The van der Waals surface area contributed by atoms with Crippen molar-refractivity contribution in [3.63, 3.8) is 0 Å². The van der Waals surface area contributed by atoms with Crippen molar-refractivity contribution in [2.75, 3.05) is 31.3 Å². The van der Waals surface area contributed by atoms with Gasteiger partial charge < -0.3 is 20.9 Å². The SMILES string of the molecule is COCCC(C)(O)CNc1snc(N)c1S(=O)(=O)C1CC1. The summed E-state index contributed by atoms with van der Waals surface area (Å²) in [5.74, 6) is 0.0333. The number of nitrogen functional groups attached to an aromatic ring is 1. The molecule has 2 rings (SSSR count). The van der Waals surface area contributed by atoms with E-state index in [1.54, 1.807) is 14.0 Å². The predicted octanol–water partition coefficient (Wildman–Crippen LogP) is 0.861. The molecule has 0 aromatic carbocycles. The van der Waals surface area contributed by atoms with Gasteiger partial charge in [0.2, 0.25) is 0 Å². The van der Waals surface area contributed by atoms with Crippen molar-refractivity contribution in [2.45, 2.75) is 41.9 Å². The monoisotopic (exact) mass is 335 g/mol. The first-order valence-electron chi connectivity index (χ1n) is 6.72. The molecule has 0 aliphatic heterocycles. The molecule has 21 heavy (non-hydrogen) atoms. The van der Waals surface area contributed by atoms with Crippen molar-refractivity contribution in [1.82, 2.24) is 4.37 Å². The molecule has 0 bridgehead atoms. The highest BCUT2D eigenvalue weighted by molar-refractivity contribution is 7.92. The van der Waals surface area contributed by atoms with E-state index >= 15 is 0 Å². The Balaban J connectivity index is 2.11. The average Bonchev–Trinajstić information content (AvgIpc) is 3.19. The van der Waals surface area contributed by atoms with Crippen molar-refractivity contribution in [3.8, 4) is 0 Å². The molecule has 0 radical (unpaired) electrons. The summed E-state index contributed by atoms with van der Waals surface area (Å²) < 4.78 is 33.6. The lowest BCUT2D eigenvalue weighted by Crippen LogP contribution is -2.34. The van der Waals surface area contributed by atoms with Gasteiger partial charge in [-0.25, -0.2) is 8.42 Å². The van der Waals surface area contributed by atoms with Crippen molar-refractivity contribution in [3.05, 3.63) is 0 Å². The zero-order valence-corrected chi connectivity index (χ0v) is 13.8. The minimum atomic E-state index is -3.41. The second-order valence-electron chi connectivity index (χ2n) is 5.56. The third-order valence-corrected chi connectivity index (χ3v) is 6.68. The van der Waals surface area contributed by atoms with Gasteiger partial charge in [0.1, 0.15) is 9.90 Å². The third-order valence-electron chi connectivity index (χ3n) is 3.40. The smallest absolute Gasteiger partial charge is 0.187 e. The van der Waals surface area contributed by atoms with Crippen LogP contribution in [-0.4, -0.2) is 49.0 Å². The summed E-state index contributed by atoms with van der Waals surface area (Å²) in [6.07, 6.45) is 1.78. The van der Waals surface area contributed by atoms with Crippen LogP contribution in [0, 0.1) is 0 Å². The van der Waals surface area contributed by atoms with E-state index in [1.807, 2.05) is 0 Å². The molecule has 4 N–H and O–H groups in total. The molecule has 1 aliphatic rings. The van der Waals surface area contributed by atoms with E-state index in [2.05, 4.69) is 9.69 Å². The number of aliphatic hydroxyl groups is 1. The fraction of sp³-hybridized carbons (Fsp3) is 0.750. The fourth-order valence-electron chi connectivity index (χ4n) is 1.91. The standard InChI is InChI=1S/C12H21N3O4S2/c1-12(16,5-6-19-2)7-14-11-9(10(13)15-20-11)21(17,18)8-3-4-8/h8,14,16H,3-7H2,1-2H3,(H2,13,15). The summed E-state index contributed by atoms with van der Waals surface area (Å²) >= 11 is 1.01. The van der Waals surface area contributed by atoms with Crippen molar-refractivity contribution in [1.29, 1.82) is 0 Å². The summed E-state index contributed by atoms with van der Waals surface area (Å²) in [6.45, 7) is 2.29. The lowest BCUT2D eigenvalue weighted by Gasteiger charge is -2.23. The van der Waals surface area contributed by atoms with Gasteiger partial charge in [0.15, 0.2) is 15.7 Å². The molecule has 1 atom stereocenters. The van der Waals surface area contributed by atoms with Crippen LogP contribution in [0.4, 0.5) is 10.8 Å². The largest absolute Gasteiger partial charge is 0.388 e. The van der Waals surface area contributed by atoms with Crippen LogP contribution in [0.1, 0.15) is 26.2 Å². The third kappa shape index (κ3) is 3.85. The highest BCUT2D eigenvalue weighted by Gasteiger charge is 2.41. The summed E-state index contributed by atoms with van der Waals surface area (Å²) in [5, 5.41) is 13.2. The molecule has 1 heterocycles. The van der Waals surface area contributed by atoms with Gasteiger partial charge in [-0.3, -0.25) is 0 Å². The number of nitrogens with zero attached hydrogens (tertiary/aromatic N) is 1. The Kier molecular flexibility index (Phi) is 4.76. The Bertz CT molecular complexity index is 594. The Morgan fingerprint density at radius 3 is 2.81 bits per heavy atom. The molecule has 7 nitrogen and oxygen atoms in total. The lowest BCUT2D eigenvalue weighted by atomic mass is 10.0. The van der Waals surface area contributed by atoms with Gasteiger partial charge >= 0.3 is 0 Å². The minimum Gasteiger partial charge on any atom is -0.388 e. The molecule has 9 heteroatoms. The van der Waals surface area contributed by atoms with Crippen LogP contribution >= 0.6 is 11.5 Å². The number of methoxy groups -OCH3 is 1. The first-order chi connectivity index (χ1) is 9.78. The maximum Gasteiger partial charge on any atom is 0.187 e. The van der Waals surface area contributed by atoms with Crippen LogP contribution in [0.5, 0.6) is 0 Å². The molecule has 1 fully saturated rings. The summed E-state index contributed by atoms with van der Waals surface area (Å²) in [7, 11) is -1.85. The van der Waals surface area contributed by atoms with E-state index in [-0.39, 0.29) is 22.5 Å². The van der Waals surface area contributed by atoms with Crippen LogP contribution in [0.25, 0.3) is 0 Å². The number of nitrogens with two attached hydrogens (primary N) is 1. The van der Waals surface area contributed by atoms with Crippen LogP contribution in [0.3, 0.4) is 0 Å². The topological polar surface area (TPSA) is 115 Å². The molecule has 1 aromatic heterocycles. The van der Waals surface area contributed by atoms with Gasteiger partial charge in [-0.1, -0.05) is 0 Å². The predicted molar refractivity (Wildman–Crippen MR) is 82.3 cm³/mol. The van der Waals surface area contributed by atoms with Crippen LogP contribution < -0.4 is 11.1 Å². The first kappa shape index (κ1) is 16.5. The molecular formula is C12H21N3O4S2. The number of aromatic nitrogens is 1. The number of ether oxygens (including phenoxy) is 1. The van der Waals surface area contributed by atoms with Crippen LogP contribution in [-0.2, 0) is 14.6 Å². The van der Waals surface area contributed by atoms with Gasteiger partial charge in [0.25, 0.3) is 0 Å². The normalized spacial score (nSPS) is 18.4. The maximum atomic E-state index is 12.4. The molecule has 1 saturated carbocycles. The summed E-state index contributed by atoms with van der Waals surface area (Å²) in [6, 6.07) is 0. The van der Waals surface area contributed by atoms with Crippen LogP contribution in [0.15, 0.2) is 4.90 Å². The fourth-order valence-corrected chi connectivity index (χ4v) is 4.79. The Hall–Kier alpha value is -0.900. The summed E-state index contributed by atoms with van der Waals surface area (Å²) in [5.41, 5.74) is 4.71. The number of hydrogen-bond acceptors (Lipinski definition) is 8. The molecule has 0 spiro atoms. The first-order valence-corrected chi connectivity index (χ1v) is 9.04. The number of anilines is 2. The van der Waals surface area contributed by atoms with Gasteiger partial charge in [-0.05, 0) is 31.3 Å². The molecule has 1 aromatic rings. The highest BCUT2D eigenvalue weighted by Crippen LogP contribution is 2.41. The molecule has 1 aliphatic carbocycles. The highest BCUT2D eigenvalue weighted by atomic mass is 32.2. The Morgan fingerprint density at radius 1 is 1.57 bits per heavy atom. The number of hydrogen-bond donors (Lipinski definition) is 3. The second kappa shape index (κ2) is 6.07. The average molecular weight is 335 g/mol. The zero-order valence-electron chi connectivity index (χ0n) is 12.1. The molecular weight excluding hydrogens is 314 g/mol. The van der Waals surface area contributed by atoms with Crippen molar-refractivity contribution >= 4 is 32.2 Å². The van der Waals surface area contributed by atoms with E-state index in [9.17, 15) is 13.5 Å². The Morgan fingerprint density at radius 2 is 2.24 bits per heavy atom. The minimum absolute atomic E-state index is 0.0333. The zero-order chi connectivity index (χ0) is 15.7. The van der Waals surface area contributed by atoms with E-state index in [4.69, 9.17) is 10.5 Å². The Labute approximate surface area is 128 Å². The molecule has 0 amide bonds. The van der Waals surface area contributed by atoms with Gasteiger partial charge in [-0.15, -0.1) is 0 Å². The molecule has 1 unspecified atom stereocenters. The van der Waals surface area contributed by atoms with Crippen molar-refractivity contribution in [2.24, 2.45) is 0 Å². The number of nitrogens with one attached hydrogen (secondary N) is 1. The van der Waals surface area contributed by atoms with Crippen molar-refractivity contribution < 1.29 is 18.3 Å². The van der Waals surface area contributed by atoms with E-state index < -0.39 is 15.4 Å². The van der Waals surface area contributed by atoms with Gasteiger partial charge in [0.05, 0.1) is 10.9 Å². The second-order valence-corrected chi connectivity index (χ2v) is 8.50. The molecule has 0 saturated heterocycles. The molecule has 120 valence electrons. The van der Waals surface area contributed by atoms with Gasteiger partial charge in [-0.2, -0.15) is 4.37 Å². The number of rotatable bonds is 8.